The Morgan fingerprint density at radius 2 is 2.50 bits per heavy atom. The van der Waals surface area contributed by atoms with Gasteiger partial charge in [0.15, 0.2) is 0 Å². The molecule has 4 nitrogen and oxygen atoms in total. The molecule has 0 radical (unpaired) electrons. The van der Waals surface area contributed by atoms with Crippen LogP contribution in [0, 0.1) is 5.41 Å². The Kier molecular flexibility index (Phi) is 2.74. The maximum Gasteiger partial charge on any atom is 0.313 e. The number of rotatable bonds is 4. The quantitative estimate of drug-likeness (QED) is 0.734. The normalized spacial score (nSPS) is 14.7. The van der Waals surface area contributed by atoms with Crippen molar-refractivity contribution in [2.45, 2.75) is 13.3 Å². The van der Waals surface area contributed by atoms with Crippen molar-refractivity contribution < 1.29 is 9.90 Å². The van der Waals surface area contributed by atoms with Gasteiger partial charge in [-0.05, 0) is 13.0 Å². The minimum absolute atomic E-state index is 0.368. The lowest BCUT2D eigenvalue weighted by Crippen LogP contribution is -2.27. The van der Waals surface area contributed by atoms with E-state index in [1.54, 1.807) is 24.9 Å². The van der Waals surface area contributed by atoms with Gasteiger partial charge in [-0.2, -0.15) is 5.10 Å². The topological polar surface area (TPSA) is 55.1 Å². The predicted molar refractivity (Wildman–Crippen MR) is 52.9 cm³/mol. The Hall–Kier alpha value is -1.58. The van der Waals surface area contributed by atoms with Gasteiger partial charge in [0.25, 0.3) is 0 Å². The number of hydrogen-bond acceptors (Lipinski definition) is 2. The number of carboxylic acids is 1. The fourth-order valence-electron chi connectivity index (χ4n) is 1.17. The lowest BCUT2D eigenvalue weighted by atomic mass is 9.86. The van der Waals surface area contributed by atoms with E-state index >= 15 is 0 Å². The molecule has 0 aliphatic heterocycles. The molecule has 1 atom stereocenters. The zero-order chi connectivity index (χ0) is 10.8. The fraction of sp³-hybridized carbons (Fsp3) is 0.400. The number of aliphatic carboxylic acids is 1. The molecule has 0 aromatic carbocycles. The van der Waals surface area contributed by atoms with Crippen LogP contribution >= 0.6 is 0 Å². The van der Waals surface area contributed by atoms with Crippen LogP contribution in [0.3, 0.4) is 0 Å². The molecular formula is C10H14N2O2. The standard InChI is InChI=1S/C10H14N2O2/c1-4-10(2,9(13)14)7-8-5-6-12(3)11-8/h4-6H,1,7H2,2-3H3,(H,13,14). The number of hydrogen-bond donors (Lipinski definition) is 1. The van der Waals surface area contributed by atoms with Gasteiger partial charge in [0, 0.05) is 19.7 Å². The van der Waals surface area contributed by atoms with Crippen LogP contribution in [0.15, 0.2) is 24.9 Å². The van der Waals surface area contributed by atoms with Crippen LogP contribution in [-0.2, 0) is 18.3 Å². The first-order chi connectivity index (χ1) is 6.48. The maximum atomic E-state index is 11.0. The molecule has 4 heteroatoms. The van der Waals surface area contributed by atoms with Crippen LogP contribution in [-0.4, -0.2) is 20.9 Å². The molecular weight excluding hydrogens is 180 g/mol. The van der Waals surface area contributed by atoms with E-state index in [4.69, 9.17) is 5.11 Å². The van der Waals surface area contributed by atoms with Gasteiger partial charge < -0.3 is 5.11 Å². The summed E-state index contributed by atoms with van der Waals surface area (Å²) in [6, 6.07) is 1.81. The first kappa shape index (κ1) is 10.5. The molecule has 1 aromatic heterocycles. The average Bonchev–Trinajstić information content (AvgIpc) is 2.50. The second-order valence-electron chi connectivity index (χ2n) is 3.58. The molecule has 0 aliphatic rings. The van der Waals surface area contributed by atoms with Crippen LogP contribution in [0.2, 0.25) is 0 Å². The smallest absolute Gasteiger partial charge is 0.313 e. The van der Waals surface area contributed by atoms with E-state index in [1.807, 2.05) is 6.07 Å². The maximum absolute atomic E-state index is 11.0. The minimum Gasteiger partial charge on any atom is -0.481 e. The molecule has 1 heterocycles. The predicted octanol–water partition coefficient (Wildman–Crippen LogP) is 1.24. The molecule has 0 bridgehead atoms. The van der Waals surface area contributed by atoms with Crippen LogP contribution in [0.25, 0.3) is 0 Å². The van der Waals surface area contributed by atoms with Crippen molar-refractivity contribution in [3.63, 3.8) is 0 Å². The van der Waals surface area contributed by atoms with E-state index in [0.29, 0.717) is 6.42 Å². The number of aryl methyl sites for hydroxylation is 1. The Labute approximate surface area is 82.9 Å². The van der Waals surface area contributed by atoms with E-state index in [0.717, 1.165) is 5.69 Å². The lowest BCUT2D eigenvalue weighted by Gasteiger charge is -2.18. The molecule has 0 amide bonds. The molecule has 1 unspecified atom stereocenters. The zero-order valence-electron chi connectivity index (χ0n) is 8.40. The average molecular weight is 194 g/mol. The fourth-order valence-corrected chi connectivity index (χ4v) is 1.17. The van der Waals surface area contributed by atoms with Crippen molar-refractivity contribution in [2.75, 3.05) is 0 Å². The summed E-state index contributed by atoms with van der Waals surface area (Å²) in [5.74, 6) is -0.877. The van der Waals surface area contributed by atoms with Crippen molar-refractivity contribution in [3.05, 3.63) is 30.6 Å². The monoisotopic (exact) mass is 194 g/mol. The Bertz CT molecular complexity index is 357. The number of aromatic nitrogens is 2. The van der Waals surface area contributed by atoms with E-state index in [-0.39, 0.29) is 0 Å². The Morgan fingerprint density at radius 1 is 1.86 bits per heavy atom. The summed E-state index contributed by atoms with van der Waals surface area (Å²) in [6.45, 7) is 5.18. The first-order valence-corrected chi connectivity index (χ1v) is 4.33. The zero-order valence-corrected chi connectivity index (χ0v) is 8.40. The molecule has 0 saturated carbocycles. The SMILES string of the molecule is C=CC(C)(Cc1ccn(C)n1)C(=O)O. The van der Waals surface area contributed by atoms with Crippen LogP contribution in [0.5, 0.6) is 0 Å². The van der Waals surface area contributed by atoms with Crippen LogP contribution in [0.1, 0.15) is 12.6 Å². The van der Waals surface area contributed by atoms with Crippen molar-refractivity contribution in [3.8, 4) is 0 Å². The van der Waals surface area contributed by atoms with Gasteiger partial charge >= 0.3 is 5.97 Å². The van der Waals surface area contributed by atoms with Crippen molar-refractivity contribution in [1.29, 1.82) is 0 Å². The third-order valence-electron chi connectivity index (χ3n) is 2.26. The summed E-state index contributed by atoms with van der Waals surface area (Å²) >= 11 is 0. The molecule has 0 spiro atoms. The van der Waals surface area contributed by atoms with E-state index in [2.05, 4.69) is 11.7 Å². The van der Waals surface area contributed by atoms with Gasteiger partial charge in [-0.3, -0.25) is 9.48 Å². The Balaban J connectivity index is 2.85. The number of nitrogens with zero attached hydrogens (tertiary/aromatic N) is 2. The van der Waals surface area contributed by atoms with Crippen molar-refractivity contribution in [2.24, 2.45) is 12.5 Å². The Morgan fingerprint density at radius 3 is 2.86 bits per heavy atom. The van der Waals surface area contributed by atoms with Gasteiger partial charge in [-0.25, -0.2) is 0 Å². The van der Waals surface area contributed by atoms with Gasteiger partial charge in [0.1, 0.15) is 0 Å². The molecule has 1 rings (SSSR count). The molecule has 0 fully saturated rings. The largest absolute Gasteiger partial charge is 0.481 e. The highest BCUT2D eigenvalue weighted by Gasteiger charge is 2.30. The molecule has 0 saturated heterocycles. The van der Waals surface area contributed by atoms with Crippen molar-refractivity contribution in [1.82, 2.24) is 9.78 Å². The van der Waals surface area contributed by atoms with Gasteiger partial charge in [0.05, 0.1) is 11.1 Å². The molecule has 14 heavy (non-hydrogen) atoms. The highest BCUT2D eigenvalue weighted by Crippen LogP contribution is 2.23. The summed E-state index contributed by atoms with van der Waals surface area (Å²) in [6.07, 6.45) is 3.61. The minimum atomic E-state index is -0.936. The molecule has 76 valence electrons. The number of carbonyl (C=O) groups is 1. The molecule has 1 N–H and O–H groups in total. The highest BCUT2D eigenvalue weighted by atomic mass is 16.4. The van der Waals surface area contributed by atoms with Gasteiger partial charge in [-0.1, -0.05) is 6.08 Å². The second-order valence-corrected chi connectivity index (χ2v) is 3.58. The summed E-state index contributed by atoms with van der Waals surface area (Å²) in [4.78, 5) is 11.0. The molecule has 0 aliphatic carbocycles. The highest BCUT2D eigenvalue weighted by molar-refractivity contribution is 5.76. The lowest BCUT2D eigenvalue weighted by molar-refractivity contribution is -0.145. The third kappa shape index (κ3) is 2.02. The van der Waals surface area contributed by atoms with E-state index < -0.39 is 11.4 Å². The van der Waals surface area contributed by atoms with Gasteiger partial charge in [-0.15, -0.1) is 6.58 Å². The molecule has 1 aromatic rings. The summed E-state index contributed by atoms with van der Waals surface area (Å²) in [7, 11) is 1.80. The van der Waals surface area contributed by atoms with E-state index in [1.165, 1.54) is 6.08 Å². The van der Waals surface area contributed by atoms with Gasteiger partial charge in [0.2, 0.25) is 0 Å². The van der Waals surface area contributed by atoms with Crippen molar-refractivity contribution >= 4 is 5.97 Å². The van der Waals surface area contributed by atoms with Crippen LogP contribution in [0.4, 0.5) is 0 Å². The number of carboxylic acid groups (broad SMARTS) is 1. The second kappa shape index (κ2) is 3.65. The first-order valence-electron chi connectivity index (χ1n) is 4.33. The van der Waals surface area contributed by atoms with Crippen LogP contribution < -0.4 is 0 Å². The third-order valence-corrected chi connectivity index (χ3v) is 2.26. The summed E-state index contributed by atoms with van der Waals surface area (Å²) in [5.41, 5.74) is -0.175. The summed E-state index contributed by atoms with van der Waals surface area (Å²) in [5, 5.41) is 13.1. The van der Waals surface area contributed by atoms with E-state index in [9.17, 15) is 4.79 Å². The summed E-state index contributed by atoms with van der Waals surface area (Å²) < 4.78 is 1.65.